The number of aliphatic hydroxyl groups is 1. The standard InChI is InChI=1S/C14H20N2O2/c1-12(2)16(7-9-18-10-8-17)14-6-4-3-5-13(14)11-15/h3-6,12,17H,7-10H2,1-2H3. The van der Waals surface area contributed by atoms with Gasteiger partial charge in [0.15, 0.2) is 0 Å². The van der Waals surface area contributed by atoms with Gasteiger partial charge in [-0.2, -0.15) is 5.26 Å². The van der Waals surface area contributed by atoms with Gasteiger partial charge in [0, 0.05) is 12.6 Å². The van der Waals surface area contributed by atoms with E-state index in [0.717, 1.165) is 5.69 Å². The summed E-state index contributed by atoms with van der Waals surface area (Å²) in [7, 11) is 0. The fraction of sp³-hybridized carbons (Fsp3) is 0.500. The number of anilines is 1. The van der Waals surface area contributed by atoms with Crippen LogP contribution in [0.4, 0.5) is 5.69 Å². The molecule has 0 heterocycles. The first-order chi connectivity index (χ1) is 8.70. The summed E-state index contributed by atoms with van der Waals surface area (Å²) in [5.41, 5.74) is 1.61. The van der Waals surface area contributed by atoms with Crippen LogP contribution < -0.4 is 4.90 Å². The average molecular weight is 248 g/mol. The molecule has 1 aromatic carbocycles. The minimum atomic E-state index is 0.0382. The molecule has 0 unspecified atom stereocenters. The number of nitrogens with zero attached hydrogens (tertiary/aromatic N) is 2. The van der Waals surface area contributed by atoms with Crippen molar-refractivity contribution >= 4 is 5.69 Å². The fourth-order valence-electron chi connectivity index (χ4n) is 1.80. The molecule has 0 bridgehead atoms. The Kier molecular flexibility index (Phi) is 6.20. The third-order valence-corrected chi connectivity index (χ3v) is 2.67. The Morgan fingerprint density at radius 1 is 1.33 bits per heavy atom. The first-order valence-electron chi connectivity index (χ1n) is 6.15. The average Bonchev–Trinajstić information content (AvgIpc) is 2.38. The second kappa shape index (κ2) is 7.70. The third-order valence-electron chi connectivity index (χ3n) is 2.67. The molecule has 0 aliphatic heterocycles. The van der Waals surface area contributed by atoms with E-state index in [9.17, 15) is 0 Å². The minimum absolute atomic E-state index is 0.0382. The van der Waals surface area contributed by atoms with Gasteiger partial charge in [0.2, 0.25) is 0 Å². The van der Waals surface area contributed by atoms with Gasteiger partial charge in [-0.05, 0) is 26.0 Å². The highest BCUT2D eigenvalue weighted by atomic mass is 16.5. The molecule has 0 fully saturated rings. The van der Waals surface area contributed by atoms with Gasteiger partial charge in [0.1, 0.15) is 6.07 Å². The second-order valence-electron chi connectivity index (χ2n) is 4.25. The summed E-state index contributed by atoms with van der Waals surface area (Å²) in [4.78, 5) is 2.13. The Bertz CT molecular complexity index is 399. The molecule has 1 N–H and O–H groups in total. The molecule has 0 aromatic heterocycles. The predicted molar refractivity (Wildman–Crippen MR) is 71.5 cm³/mol. The van der Waals surface area contributed by atoms with Crippen LogP contribution in [0, 0.1) is 11.3 Å². The maximum Gasteiger partial charge on any atom is 0.101 e. The maximum atomic E-state index is 9.12. The van der Waals surface area contributed by atoms with E-state index in [1.165, 1.54) is 0 Å². The molecule has 0 atom stereocenters. The molecule has 4 nitrogen and oxygen atoms in total. The van der Waals surface area contributed by atoms with Crippen LogP contribution in [0.1, 0.15) is 19.4 Å². The number of benzene rings is 1. The minimum Gasteiger partial charge on any atom is -0.394 e. The molecule has 0 amide bonds. The number of nitriles is 1. The Balaban J connectivity index is 2.75. The van der Waals surface area contributed by atoms with Crippen molar-refractivity contribution in [3.63, 3.8) is 0 Å². The molecule has 0 saturated carbocycles. The summed E-state index contributed by atoms with van der Waals surface area (Å²) < 4.78 is 5.28. The Morgan fingerprint density at radius 3 is 2.67 bits per heavy atom. The second-order valence-corrected chi connectivity index (χ2v) is 4.25. The number of hydrogen-bond donors (Lipinski definition) is 1. The first-order valence-corrected chi connectivity index (χ1v) is 6.15. The smallest absolute Gasteiger partial charge is 0.101 e. The van der Waals surface area contributed by atoms with Gasteiger partial charge in [0.05, 0.1) is 31.1 Å². The lowest BCUT2D eigenvalue weighted by atomic mass is 10.1. The van der Waals surface area contributed by atoms with Crippen LogP contribution in [0.2, 0.25) is 0 Å². The summed E-state index contributed by atoms with van der Waals surface area (Å²) in [5, 5.41) is 17.8. The third kappa shape index (κ3) is 4.02. The van der Waals surface area contributed by atoms with Crippen molar-refractivity contribution in [2.75, 3.05) is 31.3 Å². The van der Waals surface area contributed by atoms with Crippen molar-refractivity contribution in [1.82, 2.24) is 0 Å². The largest absolute Gasteiger partial charge is 0.394 e. The van der Waals surface area contributed by atoms with Gasteiger partial charge in [-0.25, -0.2) is 0 Å². The van der Waals surface area contributed by atoms with Crippen molar-refractivity contribution < 1.29 is 9.84 Å². The topological polar surface area (TPSA) is 56.5 Å². The molecule has 0 aliphatic carbocycles. The lowest BCUT2D eigenvalue weighted by molar-refractivity contribution is 0.0961. The Morgan fingerprint density at radius 2 is 2.06 bits per heavy atom. The van der Waals surface area contributed by atoms with Crippen LogP contribution >= 0.6 is 0 Å². The molecule has 0 spiro atoms. The van der Waals surface area contributed by atoms with E-state index in [1.807, 2.05) is 24.3 Å². The van der Waals surface area contributed by atoms with Crippen LogP contribution in [-0.4, -0.2) is 37.5 Å². The number of hydrogen-bond acceptors (Lipinski definition) is 4. The molecule has 1 aromatic rings. The molecule has 4 heteroatoms. The number of ether oxygens (including phenoxy) is 1. The normalized spacial score (nSPS) is 10.4. The van der Waals surface area contributed by atoms with Gasteiger partial charge in [0.25, 0.3) is 0 Å². The van der Waals surface area contributed by atoms with Gasteiger partial charge >= 0.3 is 0 Å². The van der Waals surface area contributed by atoms with E-state index >= 15 is 0 Å². The van der Waals surface area contributed by atoms with Gasteiger partial charge in [-0.15, -0.1) is 0 Å². The highest BCUT2D eigenvalue weighted by Crippen LogP contribution is 2.21. The molecule has 18 heavy (non-hydrogen) atoms. The van der Waals surface area contributed by atoms with Crippen molar-refractivity contribution in [3.05, 3.63) is 29.8 Å². The summed E-state index contributed by atoms with van der Waals surface area (Å²) in [6.07, 6.45) is 0. The van der Waals surface area contributed by atoms with Crippen LogP contribution in [0.5, 0.6) is 0 Å². The zero-order chi connectivity index (χ0) is 13.4. The van der Waals surface area contributed by atoms with E-state index in [0.29, 0.717) is 25.3 Å². The molecule has 98 valence electrons. The quantitative estimate of drug-likeness (QED) is 0.747. The summed E-state index contributed by atoms with van der Waals surface area (Å²) in [5.74, 6) is 0. The summed E-state index contributed by atoms with van der Waals surface area (Å²) in [6.45, 7) is 5.80. The van der Waals surface area contributed by atoms with Crippen molar-refractivity contribution in [2.24, 2.45) is 0 Å². The van der Waals surface area contributed by atoms with E-state index in [-0.39, 0.29) is 12.6 Å². The van der Waals surface area contributed by atoms with Gasteiger partial charge in [-0.3, -0.25) is 0 Å². The molecule has 0 saturated heterocycles. The highest BCUT2D eigenvalue weighted by molar-refractivity contribution is 5.59. The molecule has 1 rings (SSSR count). The van der Waals surface area contributed by atoms with E-state index in [1.54, 1.807) is 0 Å². The summed E-state index contributed by atoms with van der Waals surface area (Å²) >= 11 is 0. The molecule has 0 radical (unpaired) electrons. The van der Waals surface area contributed by atoms with Crippen molar-refractivity contribution in [2.45, 2.75) is 19.9 Å². The SMILES string of the molecule is CC(C)N(CCOCCO)c1ccccc1C#N. The lowest BCUT2D eigenvalue weighted by Gasteiger charge is -2.29. The monoisotopic (exact) mass is 248 g/mol. The lowest BCUT2D eigenvalue weighted by Crippen LogP contribution is -2.34. The van der Waals surface area contributed by atoms with E-state index in [2.05, 4.69) is 24.8 Å². The van der Waals surface area contributed by atoms with E-state index in [4.69, 9.17) is 15.1 Å². The molecule has 0 aliphatic rings. The zero-order valence-electron chi connectivity index (χ0n) is 11.0. The first kappa shape index (κ1) is 14.5. The van der Waals surface area contributed by atoms with Crippen molar-refractivity contribution in [1.29, 1.82) is 5.26 Å². The summed E-state index contributed by atoms with van der Waals surface area (Å²) in [6, 6.07) is 10.1. The Hall–Kier alpha value is -1.57. The van der Waals surface area contributed by atoms with Crippen LogP contribution in [0.15, 0.2) is 24.3 Å². The van der Waals surface area contributed by atoms with E-state index < -0.39 is 0 Å². The highest BCUT2D eigenvalue weighted by Gasteiger charge is 2.13. The van der Waals surface area contributed by atoms with Crippen molar-refractivity contribution in [3.8, 4) is 6.07 Å². The fourth-order valence-corrected chi connectivity index (χ4v) is 1.80. The number of rotatable bonds is 7. The van der Waals surface area contributed by atoms with Crippen LogP contribution in [-0.2, 0) is 4.74 Å². The zero-order valence-corrected chi connectivity index (χ0v) is 11.0. The van der Waals surface area contributed by atoms with Crippen LogP contribution in [0.25, 0.3) is 0 Å². The Labute approximate surface area is 108 Å². The number of para-hydroxylation sites is 1. The van der Waals surface area contributed by atoms with Crippen LogP contribution in [0.3, 0.4) is 0 Å². The maximum absolute atomic E-state index is 9.12. The number of aliphatic hydroxyl groups excluding tert-OH is 1. The van der Waals surface area contributed by atoms with Gasteiger partial charge < -0.3 is 14.7 Å². The molecular weight excluding hydrogens is 228 g/mol. The predicted octanol–water partition coefficient (Wildman–Crippen LogP) is 1.78. The molecular formula is C14H20N2O2. The van der Waals surface area contributed by atoms with Gasteiger partial charge in [-0.1, -0.05) is 12.1 Å².